The Hall–Kier alpha value is -2.60. The van der Waals surface area contributed by atoms with Gasteiger partial charge in [0.25, 0.3) is 0 Å². The standard InChI is InChI=1S/C20H21N3O2S/c1-25-15-10-8-14(9-11-15)13-21-20(24)23-12-4-6-17(23)19-22-16-5-2-3-7-18(16)26-19/h2-3,5,7-11,17H,4,6,12-13H2,1H3,(H,21,24). The van der Waals surface area contributed by atoms with Crippen molar-refractivity contribution in [3.05, 3.63) is 59.1 Å². The van der Waals surface area contributed by atoms with Crippen molar-refractivity contribution in [3.63, 3.8) is 0 Å². The van der Waals surface area contributed by atoms with Crippen LogP contribution >= 0.6 is 11.3 Å². The van der Waals surface area contributed by atoms with Crippen LogP contribution in [-0.4, -0.2) is 29.6 Å². The number of ether oxygens (including phenoxy) is 1. The van der Waals surface area contributed by atoms with Gasteiger partial charge in [-0.05, 0) is 42.7 Å². The normalized spacial score (nSPS) is 16.8. The molecule has 0 saturated carbocycles. The molecule has 1 aliphatic rings. The molecule has 2 amide bonds. The van der Waals surface area contributed by atoms with Gasteiger partial charge in [0, 0.05) is 13.1 Å². The highest BCUT2D eigenvalue weighted by Crippen LogP contribution is 2.36. The van der Waals surface area contributed by atoms with Crippen molar-refractivity contribution in [2.75, 3.05) is 13.7 Å². The minimum atomic E-state index is -0.0254. The molecule has 0 bridgehead atoms. The molecule has 0 aliphatic carbocycles. The lowest BCUT2D eigenvalue weighted by molar-refractivity contribution is 0.192. The van der Waals surface area contributed by atoms with E-state index >= 15 is 0 Å². The molecule has 1 saturated heterocycles. The molecule has 26 heavy (non-hydrogen) atoms. The molecule has 0 spiro atoms. The van der Waals surface area contributed by atoms with Crippen molar-refractivity contribution in [2.45, 2.75) is 25.4 Å². The number of nitrogens with one attached hydrogen (secondary N) is 1. The summed E-state index contributed by atoms with van der Waals surface area (Å²) in [7, 11) is 1.65. The van der Waals surface area contributed by atoms with Gasteiger partial charge in [-0.3, -0.25) is 0 Å². The highest BCUT2D eigenvalue weighted by molar-refractivity contribution is 7.18. The van der Waals surface area contributed by atoms with E-state index in [0.29, 0.717) is 6.54 Å². The number of carbonyl (C=O) groups is 1. The first-order valence-electron chi connectivity index (χ1n) is 8.77. The van der Waals surface area contributed by atoms with Gasteiger partial charge in [-0.1, -0.05) is 24.3 Å². The number of para-hydroxylation sites is 1. The predicted octanol–water partition coefficient (Wildman–Crippen LogP) is 4.35. The summed E-state index contributed by atoms with van der Waals surface area (Å²) in [6.45, 7) is 1.28. The Morgan fingerprint density at radius 3 is 2.85 bits per heavy atom. The smallest absolute Gasteiger partial charge is 0.318 e. The van der Waals surface area contributed by atoms with E-state index in [9.17, 15) is 4.79 Å². The molecule has 1 aromatic heterocycles. The Labute approximate surface area is 156 Å². The summed E-state index contributed by atoms with van der Waals surface area (Å²) in [5.74, 6) is 0.815. The largest absolute Gasteiger partial charge is 0.497 e. The number of likely N-dealkylation sites (tertiary alicyclic amines) is 1. The number of benzene rings is 2. The van der Waals surface area contributed by atoms with Gasteiger partial charge < -0.3 is 15.0 Å². The van der Waals surface area contributed by atoms with Gasteiger partial charge >= 0.3 is 6.03 Å². The summed E-state index contributed by atoms with van der Waals surface area (Å²) in [5.41, 5.74) is 2.06. The minimum Gasteiger partial charge on any atom is -0.497 e. The zero-order valence-electron chi connectivity index (χ0n) is 14.6. The van der Waals surface area contributed by atoms with E-state index in [1.54, 1.807) is 18.4 Å². The monoisotopic (exact) mass is 367 g/mol. The first-order chi connectivity index (χ1) is 12.7. The number of nitrogens with zero attached hydrogens (tertiary/aromatic N) is 2. The van der Waals surface area contributed by atoms with E-state index in [0.717, 1.165) is 41.2 Å². The number of rotatable bonds is 4. The van der Waals surface area contributed by atoms with Crippen LogP contribution in [-0.2, 0) is 6.54 Å². The molecule has 1 aliphatic heterocycles. The second-order valence-electron chi connectivity index (χ2n) is 6.38. The lowest BCUT2D eigenvalue weighted by atomic mass is 10.2. The molecule has 2 heterocycles. The molecular formula is C20H21N3O2S. The van der Waals surface area contributed by atoms with Gasteiger partial charge in [0.2, 0.25) is 0 Å². The Kier molecular flexibility index (Phi) is 4.75. The summed E-state index contributed by atoms with van der Waals surface area (Å²) in [6, 6.07) is 15.9. The minimum absolute atomic E-state index is 0.0254. The molecule has 134 valence electrons. The molecule has 3 aromatic rings. The van der Waals surface area contributed by atoms with Gasteiger partial charge in [-0.15, -0.1) is 11.3 Å². The predicted molar refractivity (Wildman–Crippen MR) is 104 cm³/mol. The second kappa shape index (κ2) is 7.33. The molecule has 2 aromatic carbocycles. The topological polar surface area (TPSA) is 54.5 Å². The van der Waals surface area contributed by atoms with Crippen molar-refractivity contribution in [3.8, 4) is 5.75 Å². The van der Waals surface area contributed by atoms with Crippen molar-refractivity contribution < 1.29 is 9.53 Å². The molecule has 4 rings (SSSR count). The summed E-state index contributed by atoms with van der Waals surface area (Å²) in [4.78, 5) is 19.4. The number of carbonyl (C=O) groups excluding carboxylic acids is 1. The molecule has 1 N–H and O–H groups in total. The van der Waals surface area contributed by atoms with E-state index in [4.69, 9.17) is 9.72 Å². The van der Waals surface area contributed by atoms with E-state index in [1.165, 1.54) is 4.70 Å². The Morgan fingerprint density at radius 2 is 2.08 bits per heavy atom. The number of hydrogen-bond acceptors (Lipinski definition) is 4. The van der Waals surface area contributed by atoms with Gasteiger partial charge in [-0.25, -0.2) is 9.78 Å². The van der Waals surface area contributed by atoms with E-state index in [2.05, 4.69) is 11.4 Å². The van der Waals surface area contributed by atoms with Crippen LogP contribution in [0.15, 0.2) is 48.5 Å². The highest BCUT2D eigenvalue weighted by atomic mass is 32.1. The van der Waals surface area contributed by atoms with Crippen LogP contribution in [0.3, 0.4) is 0 Å². The van der Waals surface area contributed by atoms with Crippen LogP contribution in [0.25, 0.3) is 10.2 Å². The molecule has 1 unspecified atom stereocenters. The number of thiazole rings is 1. The van der Waals surface area contributed by atoms with Gasteiger partial charge in [0.05, 0.1) is 23.4 Å². The van der Waals surface area contributed by atoms with E-state index in [1.807, 2.05) is 47.4 Å². The SMILES string of the molecule is COc1ccc(CNC(=O)N2CCCC2c2nc3ccccc3s2)cc1. The summed E-state index contributed by atoms with van der Waals surface area (Å²) in [6.07, 6.45) is 1.98. The molecule has 0 radical (unpaired) electrons. The average Bonchev–Trinajstić information content (AvgIpc) is 3.32. The lowest BCUT2D eigenvalue weighted by Crippen LogP contribution is -2.39. The maximum absolute atomic E-state index is 12.7. The third-order valence-corrected chi connectivity index (χ3v) is 5.85. The molecule has 1 atom stereocenters. The Balaban J connectivity index is 1.44. The number of aromatic nitrogens is 1. The van der Waals surface area contributed by atoms with Crippen molar-refractivity contribution >= 4 is 27.6 Å². The highest BCUT2D eigenvalue weighted by Gasteiger charge is 2.32. The van der Waals surface area contributed by atoms with Crippen molar-refractivity contribution in [2.24, 2.45) is 0 Å². The average molecular weight is 367 g/mol. The number of hydrogen-bond donors (Lipinski definition) is 1. The van der Waals surface area contributed by atoms with Gasteiger partial charge in [0.15, 0.2) is 0 Å². The number of urea groups is 1. The fourth-order valence-corrected chi connectivity index (χ4v) is 4.44. The fourth-order valence-electron chi connectivity index (χ4n) is 3.32. The number of amides is 2. The zero-order valence-corrected chi connectivity index (χ0v) is 15.5. The first kappa shape index (κ1) is 16.8. The van der Waals surface area contributed by atoms with Crippen molar-refractivity contribution in [1.82, 2.24) is 15.2 Å². The fraction of sp³-hybridized carbons (Fsp3) is 0.300. The zero-order chi connectivity index (χ0) is 17.9. The summed E-state index contributed by atoms with van der Waals surface area (Å²) < 4.78 is 6.34. The first-order valence-corrected chi connectivity index (χ1v) is 9.59. The van der Waals surface area contributed by atoms with Crippen LogP contribution < -0.4 is 10.1 Å². The number of fused-ring (bicyclic) bond motifs is 1. The van der Waals surface area contributed by atoms with Crippen LogP contribution in [0.4, 0.5) is 4.79 Å². The van der Waals surface area contributed by atoms with Gasteiger partial charge in [0.1, 0.15) is 10.8 Å². The maximum atomic E-state index is 12.7. The van der Waals surface area contributed by atoms with Crippen LogP contribution in [0.2, 0.25) is 0 Å². The lowest BCUT2D eigenvalue weighted by Gasteiger charge is -2.23. The van der Waals surface area contributed by atoms with Crippen LogP contribution in [0.1, 0.15) is 29.5 Å². The Morgan fingerprint density at radius 1 is 1.27 bits per heavy atom. The second-order valence-corrected chi connectivity index (χ2v) is 7.44. The van der Waals surface area contributed by atoms with E-state index in [-0.39, 0.29) is 12.1 Å². The van der Waals surface area contributed by atoms with Gasteiger partial charge in [-0.2, -0.15) is 0 Å². The van der Waals surface area contributed by atoms with Crippen molar-refractivity contribution in [1.29, 1.82) is 0 Å². The maximum Gasteiger partial charge on any atom is 0.318 e. The quantitative estimate of drug-likeness (QED) is 0.746. The van der Waals surface area contributed by atoms with Crippen LogP contribution in [0, 0.1) is 0 Å². The summed E-state index contributed by atoms with van der Waals surface area (Å²) >= 11 is 1.69. The third-order valence-electron chi connectivity index (χ3n) is 4.71. The molecule has 6 heteroatoms. The van der Waals surface area contributed by atoms with E-state index < -0.39 is 0 Å². The molecule has 5 nitrogen and oxygen atoms in total. The molecular weight excluding hydrogens is 346 g/mol. The Bertz CT molecular complexity index is 874. The summed E-state index contributed by atoms with van der Waals surface area (Å²) in [5, 5.41) is 4.07. The number of methoxy groups -OCH3 is 1. The third kappa shape index (κ3) is 3.37. The molecule has 1 fully saturated rings. The van der Waals surface area contributed by atoms with Crippen LogP contribution in [0.5, 0.6) is 5.75 Å².